The Labute approximate surface area is 110 Å². The highest BCUT2D eigenvalue weighted by Gasteiger charge is 2.15. The molecule has 1 unspecified atom stereocenters. The quantitative estimate of drug-likeness (QED) is 0.897. The van der Waals surface area contributed by atoms with Crippen LogP contribution in [0.3, 0.4) is 0 Å². The Hall–Kier alpha value is -1.44. The molecule has 0 bridgehead atoms. The predicted octanol–water partition coefficient (Wildman–Crippen LogP) is 3.37. The van der Waals surface area contributed by atoms with E-state index in [-0.39, 0.29) is 0 Å². The van der Waals surface area contributed by atoms with Crippen molar-refractivity contribution in [2.75, 3.05) is 12.4 Å². The summed E-state index contributed by atoms with van der Waals surface area (Å²) in [4.78, 5) is 13.0. The van der Waals surface area contributed by atoms with E-state index in [4.69, 9.17) is 28.5 Å². The van der Waals surface area contributed by atoms with Crippen LogP contribution in [0.25, 0.3) is 0 Å². The van der Waals surface area contributed by atoms with E-state index in [0.29, 0.717) is 15.7 Å². The molecule has 1 aromatic carbocycles. The molecule has 0 fully saturated rings. The third-order valence-electron chi connectivity index (χ3n) is 2.20. The average molecular weight is 272 g/mol. The first-order valence-electron chi connectivity index (χ1n) is 4.83. The zero-order valence-corrected chi connectivity index (χ0v) is 10.9. The van der Waals surface area contributed by atoms with Gasteiger partial charge in [0.1, 0.15) is 6.04 Å². The lowest BCUT2D eigenvalue weighted by atomic mass is 10.3. The van der Waals surface area contributed by atoms with Crippen LogP contribution in [0.4, 0.5) is 10.5 Å². The van der Waals surface area contributed by atoms with Crippen molar-refractivity contribution in [3.8, 4) is 6.07 Å². The van der Waals surface area contributed by atoms with Crippen LogP contribution in [0, 0.1) is 11.3 Å². The van der Waals surface area contributed by atoms with Crippen LogP contribution < -0.4 is 5.32 Å². The predicted molar refractivity (Wildman–Crippen MR) is 68.3 cm³/mol. The maximum Gasteiger partial charge on any atom is 0.322 e. The Kier molecular flexibility index (Phi) is 4.62. The third kappa shape index (κ3) is 3.81. The summed E-state index contributed by atoms with van der Waals surface area (Å²) in [7, 11) is 1.54. The van der Waals surface area contributed by atoms with Crippen LogP contribution in [0.15, 0.2) is 18.2 Å². The smallest absolute Gasteiger partial charge is 0.312 e. The second-order valence-electron chi connectivity index (χ2n) is 3.50. The van der Waals surface area contributed by atoms with Crippen LogP contribution in [-0.2, 0) is 0 Å². The fraction of sp³-hybridized carbons (Fsp3) is 0.273. The molecule has 0 aliphatic rings. The second-order valence-corrected chi connectivity index (χ2v) is 4.38. The van der Waals surface area contributed by atoms with Crippen molar-refractivity contribution in [3.63, 3.8) is 0 Å². The van der Waals surface area contributed by atoms with Crippen LogP contribution in [0.1, 0.15) is 6.92 Å². The van der Waals surface area contributed by atoms with Crippen molar-refractivity contribution in [1.82, 2.24) is 4.90 Å². The highest BCUT2D eigenvalue weighted by Crippen LogP contribution is 2.22. The van der Waals surface area contributed by atoms with E-state index in [1.54, 1.807) is 25.1 Å². The van der Waals surface area contributed by atoms with Crippen molar-refractivity contribution in [1.29, 1.82) is 5.26 Å². The summed E-state index contributed by atoms with van der Waals surface area (Å²) >= 11 is 11.6. The minimum absolute atomic E-state index is 0.391. The van der Waals surface area contributed by atoms with Crippen LogP contribution in [0.2, 0.25) is 10.0 Å². The van der Waals surface area contributed by atoms with Crippen molar-refractivity contribution >= 4 is 34.9 Å². The van der Waals surface area contributed by atoms with Gasteiger partial charge in [-0.1, -0.05) is 23.2 Å². The molecular weight excluding hydrogens is 261 g/mol. The van der Waals surface area contributed by atoms with E-state index >= 15 is 0 Å². The molecule has 17 heavy (non-hydrogen) atoms. The number of amides is 2. The summed E-state index contributed by atoms with van der Waals surface area (Å²) in [5.41, 5.74) is 0.490. The van der Waals surface area contributed by atoms with E-state index in [1.807, 2.05) is 6.07 Å². The Bertz CT molecular complexity index is 450. The monoisotopic (exact) mass is 271 g/mol. The van der Waals surface area contributed by atoms with Crippen molar-refractivity contribution in [3.05, 3.63) is 28.2 Å². The number of hydrogen-bond acceptors (Lipinski definition) is 2. The molecule has 0 saturated carbocycles. The van der Waals surface area contributed by atoms with Gasteiger partial charge in [0.05, 0.1) is 6.07 Å². The van der Waals surface area contributed by atoms with Crippen LogP contribution in [0.5, 0.6) is 0 Å². The molecule has 0 aliphatic carbocycles. The summed E-state index contributed by atoms with van der Waals surface area (Å²) in [5, 5.41) is 12.2. The lowest BCUT2D eigenvalue weighted by Gasteiger charge is -2.20. The number of carbonyl (C=O) groups is 1. The van der Waals surface area contributed by atoms with Gasteiger partial charge in [0, 0.05) is 22.8 Å². The first-order valence-corrected chi connectivity index (χ1v) is 5.59. The second kappa shape index (κ2) is 5.76. The molecule has 1 atom stereocenters. The largest absolute Gasteiger partial charge is 0.322 e. The number of urea groups is 1. The molecule has 4 nitrogen and oxygen atoms in total. The zero-order valence-electron chi connectivity index (χ0n) is 9.37. The summed E-state index contributed by atoms with van der Waals surface area (Å²) in [5.74, 6) is 0. The van der Waals surface area contributed by atoms with Gasteiger partial charge in [-0.3, -0.25) is 0 Å². The molecule has 0 aromatic heterocycles. The summed E-state index contributed by atoms with van der Waals surface area (Å²) in [6, 6.07) is 5.80. The van der Waals surface area contributed by atoms with Gasteiger partial charge >= 0.3 is 6.03 Å². The van der Waals surface area contributed by atoms with Crippen molar-refractivity contribution in [2.24, 2.45) is 0 Å². The first-order chi connectivity index (χ1) is 7.93. The van der Waals surface area contributed by atoms with Gasteiger partial charge in [0.15, 0.2) is 0 Å². The van der Waals surface area contributed by atoms with Crippen molar-refractivity contribution < 1.29 is 4.79 Å². The molecular formula is C11H11Cl2N3O. The highest BCUT2D eigenvalue weighted by molar-refractivity contribution is 6.35. The number of nitriles is 1. The number of halogens is 2. The standard InChI is InChI=1S/C11H11Cl2N3O/c1-7(6-14)16(2)11(17)15-10-4-8(12)3-9(13)5-10/h3-5,7H,1-2H3,(H,15,17). The van der Waals surface area contributed by atoms with E-state index < -0.39 is 12.1 Å². The summed E-state index contributed by atoms with van der Waals surface area (Å²) < 4.78 is 0. The summed E-state index contributed by atoms with van der Waals surface area (Å²) in [6.45, 7) is 1.63. The molecule has 1 aromatic rings. The fourth-order valence-electron chi connectivity index (χ4n) is 1.10. The molecule has 2 amide bonds. The minimum atomic E-state index is -0.510. The van der Waals surface area contributed by atoms with Gasteiger partial charge in [-0.05, 0) is 25.1 Å². The molecule has 1 rings (SSSR count). The van der Waals surface area contributed by atoms with Gasteiger partial charge < -0.3 is 10.2 Å². The molecule has 0 aliphatic heterocycles. The van der Waals surface area contributed by atoms with Gasteiger partial charge in [-0.2, -0.15) is 5.26 Å². The molecule has 0 saturated heterocycles. The Morgan fingerprint density at radius 1 is 1.41 bits per heavy atom. The summed E-state index contributed by atoms with van der Waals surface area (Å²) in [6.07, 6.45) is 0. The Balaban J connectivity index is 2.78. The van der Waals surface area contributed by atoms with Crippen molar-refractivity contribution in [2.45, 2.75) is 13.0 Å². The normalized spacial score (nSPS) is 11.5. The first kappa shape index (κ1) is 13.6. The Morgan fingerprint density at radius 3 is 2.41 bits per heavy atom. The SMILES string of the molecule is CC(C#N)N(C)C(=O)Nc1cc(Cl)cc(Cl)c1. The minimum Gasteiger partial charge on any atom is -0.312 e. The number of benzene rings is 1. The highest BCUT2D eigenvalue weighted by atomic mass is 35.5. The number of anilines is 1. The molecule has 1 N–H and O–H groups in total. The molecule has 0 spiro atoms. The number of carbonyl (C=O) groups excluding carboxylic acids is 1. The Morgan fingerprint density at radius 2 is 1.94 bits per heavy atom. The average Bonchev–Trinajstić information content (AvgIpc) is 2.25. The lowest BCUT2D eigenvalue weighted by molar-refractivity contribution is 0.217. The molecule has 90 valence electrons. The molecule has 6 heteroatoms. The molecule has 0 radical (unpaired) electrons. The molecule has 0 heterocycles. The van der Waals surface area contributed by atoms with E-state index in [9.17, 15) is 4.79 Å². The van der Waals surface area contributed by atoms with E-state index in [2.05, 4.69) is 5.32 Å². The van der Waals surface area contributed by atoms with E-state index in [0.717, 1.165) is 0 Å². The zero-order chi connectivity index (χ0) is 13.0. The van der Waals surface area contributed by atoms with Gasteiger partial charge in [-0.25, -0.2) is 4.79 Å². The van der Waals surface area contributed by atoms with Crippen LogP contribution >= 0.6 is 23.2 Å². The van der Waals surface area contributed by atoms with Crippen LogP contribution in [-0.4, -0.2) is 24.0 Å². The van der Waals surface area contributed by atoms with E-state index in [1.165, 1.54) is 11.9 Å². The number of hydrogen-bond donors (Lipinski definition) is 1. The van der Waals surface area contributed by atoms with Gasteiger partial charge in [-0.15, -0.1) is 0 Å². The van der Waals surface area contributed by atoms with Gasteiger partial charge in [0.2, 0.25) is 0 Å². The van der Waals surface area contributed by atoms with Gasteiger partial charge in [0.25, 0.3) is 0 Å². The number of nitrogens with one attached hydrogen (secondary N) is 1. The third-order valence-corrected chi connectivity index (χ3v) is 2.64. The number of nitrogens with zero attached hydrogens (tertiary/aromatic N) is 2. The number of rotatable bonds is 2. The lowest BCUT2D eigenvalue weighted by Crippen LogP contribution is -2.37. The maximum atomic E-state index is 11.7. The topological polar surface area (TPSA) is 56.1 Å². The maximum absolute atomic E-state index is 11.7. The fourth-order valence-corrected chi connectivity index (χ4v) is 1.63.